The average molecular weight is 254 g/mol. The molecule has 18 heavy (non-hydrogen) atoms. The van der Waals surface area contributed by atoms with Crippen molar-refractivity contribution in [1.29, 1.82) is 0 Å². The Kier molecular flexibility index (Phi) is 8.06. The lowest BCUT2D eigenvalue weighted by Gasteiger charge is -2.29. The van der Waals surface area contributed by atoms with Crippen LogP contribution < -0.4 is 5.73 Å². The Bertz CT molecular complexity index is 225. The van der Waals surface area contributed by atoms with Gasteiger partial charge in [-0.15, -0.1) is 0 Å². The van der Waals surface area contributed by atoms with E-state index in [1.165, 1.54) is 44.9 Å². The molecule has 0 unspecified atom stereocenters. The van der Waals surface area contributed by atoms with Gasteiger partial charge in [0.15, 0.2) is 0 Å². The molecule has 0 aliphatic heterocycles. The molecule has 0 spiro atoms. The molecule has 1 rings (SSSR count). The predicted molar refractivity (Wildman–Crippen MR) is 76.4 cm³/mol. The van der Waals surface area contributed by atoms with Gasteiger partial charge in [-0.3, -0.25) is 4.79 Å². The van der Waals surface area contributed by atoms with E-state index in [0.717, 1.165) is 25.8 Å². The first-order chi connectivity index (χ1) is 8.79. The third-order valence-electron chi connectivity index (χ3n) is 3.93. The zero-order valence-corrected chi connectivity index (χ0v) is 12.0. The van der Waals surface area contributed by atoms with E-state index in [1.54, 1.807) is 0 Å². The van der Waals surface area contributed by atoms with Gasteiger partial charge in [0.25, 0.3) is 0 Å². The van der Waals surface area contributed by atoms with Crippen molar-refractivity contribution in [2.24, 2.45) is 5.73 Å². The van der Waals surface area contributed by atoms with Crippen molar-refractivity contribution in [2.75, 3.05) is 13.1 Å². The number of rotatable bonds is 9. The van der Waals surface area contributed by atoms with Gasteiger partial charge in [-0.05, 0) is 32.2 Å². The van der Waals surface area contributed by atoms with Crippen LogP contribution in [0.15, 0.2) is 0 Å². The third-order valence-corrected chi connectivity index (χ3v) is 3.93. The lowest BCUT2D eigenvalue weighted by molar-refractivity contribution is -0.133. The highest BCUT2D eigenvalue weighted by molar-refractivity contribution is 5.76. The first-order valence-electron chi connectivity index (χ1n) is 7.79. The van der Waals surface area contributed by atoms with E-state index in [4.69, 9.17) is 5.73 Å². The number of nitrogens with two attached hydrogens (primary N) is 1. The second-order valence-electron chi connectivity index (χ2n) is 5.48. The Balaban J connectivity index is 2.34. The van der Waals surface area contributed by atoms with Crippen molar-refractivity contribution in [1.82, 2.24) is 4.90 Å². The van der Waals surface area contributed by atoms with Crippen LogP contribution in [0, 0.1) is 0 Å². The zero-order chi connectivity index (χ0) is 13.2. The largest absolute Gasteiger partial charge is 0.340 e. The van der Waals surface area contributed by atoms with E-state index in [1.807, 2.05) is 0 Å². The SMILES string of the molecule is CCCCCCC(=O)N(CCCN)C1CCCC1. The smallest absolute Gasteiger partial charge is 0.222 e. The molecule has 0 saturated heterocycles. The highest BCUT2D eigenvalue weighted by Crippen LogP contribution is 2.24. The van der Waals surface area contributed by atoms with Crippen LogP contribution in [0.25, 0.3) is 0 Å². The van der Waals surface area contributed by atoms with E-state index < -0.39 is 0 Å². The molecule has 106 valence electrons. The van der Waals surface area contributed by atoms with Crippen LogP contribution in [-0.4, -0.2) is 29.9 Å². The molecule has 0 heterocycles. The quantitative estimate of drug-likeness (QED) is 0.643. The van der Waals surface area contributed by atoms with Gasteiger partial charge in [-0.25, -0.2) is 0 Å². The number of hydrogen-bond donors (Lipinski definition) is 1. The molecule has 0 aromatic heterocycles. The van der Waals surface area contributed by atoms with Gasteiger partial charge in [0.2, 0.25) is 5.91 Å². The number of carbonyl (C=O) groups excluding carboxylic acids is 1. The first-order valence-corrected chi connectivity index (χ1v) is 7.79. The summed E-state index contributed by atoms with van der Waals surface area (Å²) in [5, 5.41) is 0. The Labute approximate surface area is 112 Å². The number of amides is 1. The van der Waals surface area contributed by atoms with Crippen LogP contribution in [0.2, 0.25) is 0 Å². The summed E-state index contributed by atoms with van der Waals surface area (Å²) in [6, 6.07) is 0.509. The van der Waals surface area contributed by atoms with Gasteiger partial charge >= 0.3 is 0 Å². The molecular weight excluding hydrogens is 224 g/mol. The van der Waals surface area contributed by atoms with Crippen LogP contribution in [0.4, 0.5) is 0 Å². The normalized spacial score (nSPS) is 16.1. The van der Waals surface area contributed by atoms with Gasteiger partial charge < -0.3 is 10.6 Å². The van der Waals surface area contributed by atoms with Crippen LogP contribution in [0.1, 0.15) is 71.1 Å². The van der Waals surface area contributed by atoms with Crippen molar-refractivity contribution in [2.45, 2.75) is 77.2 Å². The highest BCUT2D eigenvalue weighted by atomic mass is 16.2. The third kappa shape index (κ3) is 5.38. The second kappa shape index (κ2) is 9.37. The van der Waals surface area contributed by atoms with Crippen LogP contribution >= 0.6 is 0 Å². The van der Waals surface area contributed by atoms with E-state index in [0.29, 0.717) is 18.5 Å². The van der Waals surface area contributed by atoms with Gasteiger partial charge in [0.1, 0.15) is 0 Å². The first kappa shape index (κ1) is 15.5. The van der Waals surface area contributed by atoms with Gasteiger partial charge in [0, 0.05) is 19.0 Å². The molecule has 0 aromatic carbocycles. The maximum absolute atomic E-state index is 12.3. The standard InChI is InChI=1S/C15H30N2O/c1-2-3-4-5-11-15(18)17(13-8-12-16)14-9-6-7-10-14/h14H,2-13,16H2,1H3. The fourth-order valence-corrected chi connectivity index (χ4v) is 2.84. The monoisotopic (exact) mass is 254 g/mol. The Hall–Kier alpha value is -0.570. The molecule has 3 heteroatoms. The minimum atomic E-state index is 0.367. The van der Waals surface area contributed by atoms with Gasteiger partial charge in [-0.2, -0.15) is 0 Å². The topological polar surface area (TPSA) is 46.3 Å². The van der Waals surface area contributed by atoms with Crippen molar-refractivity contribution in [3.05, 3.63) is 0 Å². The summed E-state index contributed by atoms with van der Waals surface area (Å²) >= 11 is 0. The molecule has 0 aromatic rings. The molecule has 0 radical (unpaired) electrons. The molecule has 3 nitrogen and oxygen atoms in total. The second-order valence-corrected chi connectivity index (χ2v) is 5.48. The molecule has 1 aliphatic carbocycles. The molecule has 2 N–H and O–H groups in total. The minimum Gasteiger partial charge on any atom is -0.340 e. The molecule has 1 fully saturated rings. The zero-order valence-electron chi connectivity index (χ0n) is 12.0. The van der Waals surface area contributed by atoms with Crippen LogP contribution in [-0.2, 0) is 4.79 Å². The molecule has 1 aliphatic rings. The number of hydrogen-bond acceptors (Lipinski definition) is 2. The molecule has 1 saturated carbocycles. The number of unbranched alkanes of at least 4 members (excludes halogenated alkanes) is 3. The molecule has 0 atom stereocenters. The highest BCUT2D eigenvalue weighted by Gasteiger charge is 2.25. The average Bonchev–Trinajstić information content (AvgIpc) is 2.89. The minimum absolute atomic E-state index is 0.367. The van der Waals surface area contributed by atoms with E-state index in [-0.39, 0.29) is 0 Å². The fourth-order valence-electron chi connectivity index (χ4n) is 2.84. The lowest BCUT2D eigenvalue weighted by atomic mass is 10.1. The predicted octanol–water partition coefficient (Wildman–Crippen LogP) is 3.08. The Morgan fingerprint density at radius 1 is 1.17 bits per heavy atom. The van der Waals surface area contributed by atoms with Crippen molar-refractivity contribution >= 4 is 5.91 Å². The van der Waals surface area contributed by atoms with Crippen molar-refractivity contribution < 1.29 is 4.79 Å². The summed E-state index contributed by atoms with van der Waals surface area (Å²) in [6.07, 6.45) is 11.4. The molecular formula is C15H30N2O. The van der Waals surface area contributed by atoms with E-state index >= 15 is 0 Å². The van der Waals surface area contributed by atoms with Gasteiger partial charge in [0.05, 0.1) is 0 Å². The molecule has 1 amide bonds. The summed E-state index contributed by atoms with van der Waals surface area (Å²) in [5.41, 5.74) is 5.58. The summed E-state index contributed by atoms with van der Waals surface area (Å²) in [4.78, 5) is 14.4. The molecule has 0 bridgehead atoms. The number of nitrogens with zero attached hydrogens (tertiary/aromatic N) is 1. The fraction of sp³-hybridized carbons (Fsp3) is 0.933. The van der Waals surface area contributed by atoms with Crippen molar-refractivity contribution in [3.8, 4) is 0 Å². The Morgan fingerprint density at radius 2 is 1.89 bits per heavy atom. The summed E-state index contributed by atoms with van der Waals surface area (Å²) in [5.74, 6) is 0.367. The van der Waals surface area contributed by atoms with Crippen LogP contribution in [0.3, 0.4) is 0 Å². The van der Waals surface area contributed by atoms with E-state index in [9.17, 15) is 4.79 Å². The summed E-state index contributed by atoms with van der Waals surface area (Å²) in [7, 11) is 0. The summed E-state index contributed by atoms with van der Waals surface area (Å²) < 4.78 is 0. The van der Waals surface area contributed by atoms with Gasteiger partial charge in [-0.1, -0.05) is 39.0 Å². The maximum atomic E-state index is 12.3. The maximum Gasteiger partial charge on any atom is 0.222 e. The van der Waals surface area contributed by atoms with Crippen molar-refractivity contribution in [3.63, 3.8) is 0 Å². The van der Waals surface area contributed by atoms with Crippen LogP contribution in [0.5, 0.6) is 0 Å². The summed E-state index contributed by atoms with van der Waals surface area (Å²) in [6.45, 7) is 3.76. The number of carbonyl (C=O) groups is 1. The van der Waals surface area contributed by atoms with E-state index in [2.05, 4.69) is 11.8 Å². The lowest BCUT2D eigenvalue weighted by Crippen LogP contribution is -2.40. The Morgan fingerprint density at radius 3 is 2.50 bits per heavy atom.